The molecule has 2 aromatic carbocycles. The third-order valence-corrected chi connectivity index (χ3v) is 5.94. The topological polar surface area (TPSA) is 78.7 Å². The van der Waals surface area contributed by atoms with Gasteiger partial charge < -0.3 is 14.9 Å². The first-order valence-electron chi connectivity index (χ1n) is 11.3. The zero-order valence-corrected chi connectivity index (χ0v) is 20.3. The highest BCUT2D eigenvalue weighted by Gasteiger charge is 2.38. The number of carbonyl (C=O) groups excluding carboxylic acids is 1. The van der Waals surface area contributed by atoms with Crippen LogP contribution in [-0.2, 0) is 15.8 Å². The van der Waals surface area contributed by atoms with Gasteiger partial charge in [0.15, 0.2) is 0 Å². The van der Waals surface area contributed by atoms with Gasteiger partial charge in [0.2, 0.25) is 5.91 Å². The minimum Gasteiger partial charge on any atom is -0.475 e. The number of alkyl halides is 6. The summed E-state index contributed by atoms with van der Waals surface area (Å²) >= 11 is 0. The lowest BCUT2D eigenvalue weighted by Crippen LogP contribution is -2.37. The van der Waals surface area contributed by atoms with Crippen LogP contribution in [0.4, 0.5) is 26.3 Å². The molecule has 38 heavy (non-hydrogen) atoms. The van der Waals surface area contributed by atoms with Gasteiger partial charge in [0, 0.05) is 37.0 Å². The summed E-state index contributed by atoms with van der Waals surface area (Å²) in [5, 5.41) is 7.12. The standard InChI is InChI=1S/C23H23F3N4O.C2HF3O2/c1-28-11-10-19(14-28)29(2)21(31)9-8-16-12-17(23(24,25)26)13-20-22(16)30(15-27-20)18-6-4-3-5-7-18;3-2(4,5)1(6)7/h3-9,12-13,15,19H,10-11,14H2,1-2H3;(H,6,7)/b9-8+;. The van der Waals surface area contributed by atoms with E-state index in [1.807, 2.05) is 37.4 Å². The number of carboxylic acid groups (broad SMARTS) is 1. The second-order valence-corrected chi connectivity index (χ2v) is 8.67. The smallest absolute Gasteiger partial charge is 0.475 e. The molecule has 1 atom stereocenters. The predicted octanol–water partition coefficient (Wildman–Crippen LogP) is 4.85. The molecule has 1 aliphatic rings. The molecule has 1 aliphatic heterocycles. The molecule has 1 amide bonds. The van der Waals surface area contributed by atoms with Crippen molar-refractivity contribution in [3.05, 3.63) is 66.0 Å². The van der Waals surface area contributed by atoms with Crippen LogP contribution in [-0.4, -0.2) is 75.7 Å². The van der Waals surface area contributed by atoms with E-state index >= 15 is 0 Å². The van der Waals surface area contributed by atoms with Crippen LogP contribution in [0.2, 0.25) is 0 Å². The van der Waals surface area contributed by atoms with Crippen molar-refractivity contribution < 1.29 is 41.0 Å². The van der Waals surface area contributed by atoms with Crippen LogP contribution >= 0.6 is 0 Å². The highest BCUT2D eigenvalue weighted by Crippen LogP contribution is 2.34. The van der Waals surface area contributed by atoms with Gasteiger partial charge in [-0.05, 0) is 50.4 Å². The Hall–Kier alpha value is -3.87. The number of carbonyl (C=O) groups is 2. The van der Waals surface area contributed by atoms with Gasteiger partial charge in [-0.2, -0.15) is 26.3 Å². The molecule has 0 spiro atoms. The molecule has 0 aliphatic carbocycles. The van der Waals surface area contributed by atoms with Crippen molar-refractivity contribution >= 4 is 29.0 Å². The summed E-state index contributed by atoms with van der Waals surface area (Å²) in [5.74, 6) is -3.00. The average Bonchev–Trinajstić information content (AvgIpc) is 3.48. The molecule has 4 rings (SSSR count). The monoisotopic (exact) mass is 542 g/mol. The molecule has 0 bridgehead atoms. The lowest BCUT2D eigenvalue weighted by atomic mass is 10.1. The Kier molecular flexibility index (Phi) is 8.50. The number of hydrogen-bond donors (Lipinski definition) is 1. The van der Waals surface area contributed by atoms with Gasteiger partial charge in [0.05, 0.1) is 16.6 Å². The molecule has 1 saturated heterocycles. The largest absolute Gasteiger partial charge is 0.490 e. The van der Waals surface area contributed by atoms with E-state index in [9.17, 15) is 31.1 Å². The molecule has 13 heteroatoms. The molecular formula is C25H24F6N4O3. The van der Waals surface area contributed by atoms with E-state index in [1.165, 1.54) is 18.5 Å². The van der Waals surface area contributed by atoms with Crippen molar-refractivity contribution in [1.82, 2.24) is 19.4 Å². The lowest BCUT2D eigenvalue weighted by Gasteiger charge is -2.23. The molecule has 1 fully saturated rings. The van der Waals surface area contributed by atoms with E-state index in [1.54, 1.807) is 16.5 Å². The Bertz CT molecular complexity index is 1320. The number of likely N-dealkylation sites (N-methyl/N-ethyl adjacent to an activating group) is 2. The first-order valence-corrected chi connectivity index (χ1v) is 11.3. The van der Waals surface area contributed by atoms with Crippen LogP contribution in [0.15, 0.2) is 54.9 Å². The predicted molar refractivity (Wildman–Crippen MR) is 127 cm³/mol. The SMILES string of the molecule is CN1CCC(N(C)C(=O)/C=C/c2cc(C(F)(F)F)cc3ncn(-c4ccccc4)c23)C1.O=C(O)C(F)(F)F. The van der Waals surface area contributed by atoms with Crippen LogP contribution in [0.1, 0.15) is 17.5 Å². The van der Waals surface area contributed by atoms with E-state index in [4.69, 9.17) is 9.90 Å². The Morgan fingerprint density at radius 3 is 2.26 bits per heavy atom. The second kappa shape index (κ2) is 11.3. The van der Waals surface area contributed by atoms with Crippen molar-refractivity contribution in [2.24, 2.45) is 0 Å². The van der Waals surface area contributed by atoms with E-state index in [0.717, 1.165) is 37.3 Å². The molecular weight excluding hydrogens is 518 g/mol. The Labute approximate surface area is 213 Å². The number of imidazole rings is 1. The second-order valence-electron chi connectivity index (χ2n) is 8.67. The number of para-hydroxylation sites is 1. The fourth-order valence-electron chi connectivity index (χ4n) is 3.94. The van der Waals surface area contributed by atoms with Gasteiger partial charge in [-0.1, -0.05) is 18.2 Å². The minimum absolute atomic E-state index is 0.0959. The van der Waals surface area contributed by atoms with Gasteiger partial charge in [-0.15, -0.1) is 0 Å². The number of fused-ring (bicyclic) bond motifs is 1. The molecule has 204 valence electrons. The molecule has 7 nitrogen and oxygen atoms in total. The zero-order chi connectivity index (χ0) is 28.3. The van der Waals surface area contributed by atoms with E-state index in [-0.39, 0.29) is 23.0 Å². The third-order valence-electron chi connectivity index (χ3n) is 5.94. The molecule has 0 radical (unpaired) electrons. The van der Waals surface area contributed by atoms with Crippen LogP contribution in [0.5, 0.6) is 0 Å². The van der Waals surface area contributed by atoms with Gasteiger partial charge in [0.25, 0.3) is 0 Å². The van der Waals surface area contributed by atoms with Crippen LogP contribution in [0.25, 0.3) is 22.8 Å². The summed E-state index contributed by atoms with van der Waals surface area (Å²) in [6, 6.07) is 11.4. The molecule has 1 N–H and O–H groups in total. The lowest BCUT2D eigenvalue weighted by molar-refractivity contribution is -0.192. The number of hydrogen-bond acceptors (Lipinski definition) is 4. The number of likely N-dealkylation sites (tertiary alicyclic amines) is 1. The van der Waals surface area contributed by atoms with Crippen LogP contribution < -0.4 is 0 Å². The maximum absolute atomic E-state index is 13.5. The third kappa shape index (κ3) is 6.91. The number of rotatable bonds is 4. The fourth-order valence-corrected chi connectivity index (χ4v) is 3.94. The number of aromatic nitrogens is 2. The summed E-state index contributed by atoms with van der Waals surface area (Å²) in [7, 11) is 3.73. The molecule has 1 aromatic heterocycles. The molecule has 0 saturated carbocycles. The van der Waals surface area contributed by atoms with E-state index in [0.29, 0.717) is 5.52 Å². The Balaban J connectivity index is 0.000000505. The fraction of sp³-hybridized carbons (Fsp3) is 0.320. The average molecular weight is 542 g/mol. The van der Waals surface area contributed by atoms with E-state index in [2.05, 4.69) is 9.88 Å². The summed E-state index contributed by atoms with van der Waals surface area (Å²) in [6.07, 6.45) is -4.42. The summed E-state index contributed by atoms with van der Waals surface area (Å²) in [6.45, 7) is 1.70. The first kappa shape index (κ1) is 28.7. The highest BCUT2D eigenvalue weighted by molar-refractivity contribution is 5.95. The zero-order valence-electron chi connectivity index (χ0n) is 20.3. The van der Waals surface area contributed by atoms with Crippen LogP contribution in [0.3, 0.4) is 0 Å². The highest BCUT2D eigenvalue weighted by atomic mass is 19.4. The van der Waals surface area contributed by atoms with Gasteiger partial charge in [-0.25, -0.2) is 9.78 Å². The first-order chi connectivity index (χ1) is 17.7. The number of halogens is 6. The van der Waals surface area contributed by atoms with E-state index < -0.39 is 23.9 Å². The Morgan fingerprint density at radius 1 is 1.11 bits per heavy atom. The van der Waals surface area contributed by atoms with Crippen molar-refractivity contribution in [3.8, 4) is 5.69 Å². The maximum atomic E-state index is 13.5. The minimum atomic E-state index is -5.08. The van der Waals surface area contributed by atoms with Gasteiger partial charge in [-0.3, -0.25) is 9.36 Å². The molecule has 2 heterocycles. The van der Waals surface area contributed by atoms with Crippen molar-refractivity contribution in [1.29, 1.82) is 0 Å². The molecule has 1 unspecified atom stereocenters. The summed E-state index contributed by atoms with van der Waals surface area (Å²) in [4.78, 5) is 29.6. The van der Waals surface area contributed by atoms with Gasteiger partial charge >= 0.3 is 18.3 Å². The quantitative estimate of drug-likeness (QED) is 0.377. The van der Waals surface area contributed by atoms with Crippen LogP contribution in [0, 0.1) is 0 Å². The van der Waals surface area contributed by atoms with Gasteiger partial charge in [0.1, 0.15) is 6.33 Å². The van der Waals surface area contributed by atoms with Crippen molar-refractivity contribution in [2.45, 2.75) is 24.8 Å². The maximum Gasteiger partial charge on any atom is 0.490 e. The number of benzene rings is 2. The molecule has 3 aromatic rings. The number of nitrogens with zero attached hydrogens (tertiary/aromatic N) is 4. The normalized spacial score (nSPS) is 16.5. The van der Waals surface area contributed by atoms with Crippen molar-refractivity contribution in [3.63, 3.8) is 0 Å². The Morgan fingerprint density at radius 2 is 1.74 bits per heavy atom. The summed E-state index contributed by atoms with van der Waals surface area (Å²) < 4.78 is 73.8. The summed E-state index contributed by atoms with van der Waals surface area (Å²) in [5.41, 5.74) is 1.01. The van der Waals surface area contributed by atoms with Crippen molar-refractivity contribution in [2.75, 3.05) is 27.2 Å². The number of aliphatic carboxylic acids is 1. The number of carboxylic acids is 1. The number of amides is 1.